The number of hydrogen-bond donors (Lipinski definition) is 2. The molecule has 86 valence electrons. The third-order valence-corrected chi connectivity index (χ3v) is 3.26. The van der Waals surface area contributed by atoms with Crippen LogP contribution < -0.4 is 0 Å². The van der Waals surface area contributed by atoms with Gasteiger partial charge in [0.2, 0.25) is 0 Å². The average molecular weight is 237 g/mol. The van der Waals surface area contributed by atoms with Gasteiger partial charge in [-0.25, -0.2) is 0 Å². The Morgan fingerprint density at radius 3 is 2.75 bits per heavy atom. The summed E-state index contributed by atoms with van der Waals surface area (Å²) in [6.07, 6.45) is 0.632. The van der Waals surface area contributed by atoms with Gasteiger partial charge in [-0.05, 0) is 25.5 Å². The zero-order valence-corrected chi connectivity index (χ0v) is 10.1. The Labute approximate surface area is 100 Å². The standard InChI is InChI=1S/C12H15NO2S/c1-12(15)6-7-13(8-12)11(14)9-4-2-3-5-10(9)16/h2-5,15-16H,6-8H2,1H3. The van der Waals surface area contributed by atoms with Crippen LogP contribution in [0, 0.1) is 0 Å². The molecular formula is C12H15NO2S. The highest BCUT2D eigenvalue weighted by molar-refractivity contribution is 7.80. The molecule has 0 spiro atoms. The molecule has 1 N–H and O–H groups in total. The molecular weight excluding hydrogens is 222 g/mol. The number of thiol groups is 1. The lowest BCUT2D eigenvalue weighted by Crippen LogP contribution is -2.34. The molecule has 1 atom stereocenters. The second kappa shape index (κ2) is 4.11. The number of likely N-dealkylation sites (tertiary alicyclic amines) is 1. The lowest BCUT2D eigenvalue weighted by molar-refractivity contribution is 0.0570. The van der Waals surface area contributed by atoms with Crippen LogP contribution in [0.15, 0.2) is 29.2 Å². The van der Waals surface area contributed by atoms with E-state index in [0.29, 0.717) is 30.0 Å². The molecule has 2 rings (SSSR count). The molecule has 1 heterocycles. The minimum absolute atomic E-state index is 0.0524. The fourth-order valence-electron chi connectivity index (χ4n) is 1.94. The van der Waals surface area contributed by atoms with Crippen molar-refractivity contribution in [3.63, 3.8) is 0 Å². The highest BCUT2D eigenvalue weighted by Gasteiger charge is 2.34. The first kappa shape index (κ1) is 11.5. The smallest absolute Gasteiger partial charge is 0.255 e. The first-order valence-electron chi connectivity index (χ1n) is 5.29. The third-order valence-electron chi connectivity index (χ3n) is 2.87. The Morgan fingerprint density at radius 2 is 2.19 bits per heavy atom. The zero-order valence-electron chi connectivity index (χ0n) is 9.18. The van der Waals surface area contributed by atoms with Crippen molar-refractivity contribution in [1.29, 1.82) is 0 Å². The van der Waals surface area contributed by atoms with Crippen molar-refractivity contribution in [2.75, 3.05) is 13.1 Å². The predicted molar refractivity (Wildman–Crippen MR) is 64.8 cm³/mol. The Hall–Kier alpha value is -1.00. The van der Waals surface area contributed by atoms with Gasteiger partial charge in [0.25, 0.3) is 5.91 Å². The molecule has 1 aromatic rings. The molecule has 1 aromatic carbocycles. The van der Waals surface area contributed by atoms with E-state index in [4.69, 9.17) is 0 Å². The van der Waals surface area contributed by atoms with Crippen molar-refractivity contribution in [1.82, 2.24) is 4.90 Å². The van der Waals surface area contributed by atoms with Gasteiger partial charge >= 0.3 is 0 Å². The number of benzene rings is 1. The van der Waals surface area contributed by atoms with Crippen LogP contribution in [0.4, 0.5) is 0 Å². The molecule has 1 fully saturated rings. The quantitative estimate of drug-likeness (QED) is 0.728. The van der Waals surface area contributed by atoms with Crippen LogP contribution >= 0.6 is 12.6 Å². The summed E-state index contributed by atoms with van der Waals surface area (Å²) >= 11 is 4.26. The maximum Gasteiger partial charge on any atom is 0.255 e. The molecule has 1 saturated heterocycles. The Kier molecular flexibility index (Phi) is 2.95. The lowest BCUT2D eigenvalue weighted by atomic mass is 10.1. The molecule has 4 heteroatoms. The summed E-state index contributed by atoms with van der Waals surface area (Å²) in [5.41, 5.74) is -0.148. The molecule has 0 radical (unpaired) electrons. The van der Waals surface area contributed by atoms with Gasteiger partial charge in [-0.1, -0.05) is 12.1 Å². The van der Waals surface area contributed by atoms with Crippen LogP contribution in [-0.2, 0) is 0 Å². The monoisotopic (exact) mass is 237 g/mol. The summed E-state index contributed by atoms with van der Waals surface area (Å²) in [6, 6.07) is 7.22. The number of β-amino-alcohol motifs (C(OH)–C–C–N with tert-alkyl or cyclic N) is 1. The minimum Gasteiger partial charge on any atom is -0.388 e. The minimum atomic E-state index is -0.749. The largest absolute Gasteiger partial charge is 0.388 e. The topological polar surface area (TPSA) is 40.5 Å². The zero-order chi connectivity index (χ0) is 11.8. The van der Waals surface area contributed by atoms with Crippen LogP contribution in [0.5, 0.6) is 0 Å². The van der Waals surface area contributed by atoms with E-state index in [0.717, 1.165) is 0 Å². The molecule has 16 heavy (non-hydrogen) atoms. The van der Waals surface area contributed by atoms with Crippen molar-refractivity contribution in [2.45, 2.75) is 23.8 Å². The van der Waals surface area contributed by atoms with Gasteiger partial charge < -0.3 is 10.0 Å². The van der Waals surface area contributed by atoms with E-state index in [9.17, 15) is 9.90 Å². The normalized spacial score (nSPS) is 24.8. The molecule has 0 aliphatic carbocycles. The molecule has 1 amide bonds. The van der Waals surface area contributed by atoms with E-state index in [1.54, 1.807) is 24.0 Å². The van der Waals surface area contributed by atoms with Gasteiger partial charge in [-0.3, -0.25) is 4.79 Å². The summed E-state index contributed by atoms with van der Waals surface area (Å²) in [4.78, 5) is 14.5. The Balaban J connectivity index is 2.18. The highest BCUT2D eigenvalue weighted by Crippen LogP contribution is 2.23. The maximum atomic E-state index is 12.1. The van der Waals surface area contributed by atoms with Crippen molar-refractivity contribution < 1.29 is 9.90 Å². The Bertz CT molecular complexity index is 417. The maximum absolute atomic E-state index is 12.1. The number of aliphatic hydroxyl groups is 1. The van der Waals surface area contributed by atoms with Crippen LogP contribution in [0.3, 0.4) is 0 Å². The fourth-order valence-corrected chi connectivity index (χ4v) is 2.20. The molecule has 3 nitrogen and oxygen atoms in total. The molecule has 0 bridgehead atoms. The summed E-state index contributed by atoms with van der Waals surface area (Å²) in [5.74, 6) is -0.0524. The molecule has 0 aromatic heterocycles. The molecule has 1 aliphatic rings. The summed E-state index contributed by atoms with van der Waals surface area (Å²) in [5, 5.41) is 9.82. The second-order valence-electron chi connectivity index (χ2n) is 4.49. The Morgan fingerprint density at radius 1 is 1.50 bits per heavy atom. The van der Waals surface area contributed by atoms with Gasteiger partial charge in [0.1, 0.15) is 0 Å². The second-order valence-corrected chi connectivity index (χ2v) is 4.97. The number of nitrogens with zero attached hydrogens (tertiary/aromatic N) is 1. The van der Waals surface area contributed by atoms with Crippen molar-refractivity contribution >= 4 is 18.5 Å². The van der Waals surface area contributed by atoms with Gasteiger partial charge in [0, 0.05) is 18.0 Å². The van der Waals surface area contributed by atoms with Crippen LogP contribution in [0.1, 0.15) is 23.7 Å². The van der Waals surface area contributed by atoms with E-state index in [1.165, 1.54) is 0 Å². The molecule has 1 unspecified atom stereocenters. The van der Waals surface area contributed by atoms with Crippen molar-refractivity contribution in [2.24, 2.45) is 0 Å². The third kappa shape index (κ3) is 2.23. The number of carbonyl (C=O) groups is 1. The van der Waals surface area contributed by atoms with Crippen molar-refractivity contribution in [3.8, 4) is 0 Å². The fraction of sp³-hybridized carbons (Fsp3) is 0.417. The summed E-state index contributed by atoms with van der Waals surface area (Å²) in [7, 11) is 0. The number of rotatable bonds is 1. The summed E-state index contributed by atoms with van der Waals surface area (Å²) in [6.45, 7) is 2.76. The first-order valence-corrected chi connectivity index (χ1v) is 5.74. The lowest BCUT2D eigenvalue weighted by Gasteiger charge is -2.19. The van der Waals surface area contributed by atoms with Crippen LogP contribution in [0.2, 0.25) is 0 Å². The van der Waals surface area contributed by atoms with E-state index >= 15 is 0 Å². The van der Waals surface area contributed by atoms with Gasteiger partial charge in [0.05, 0.1) is 11.2 Å². The van der Waals surface area contributed by atoms with Gasteiger partial charge in [-0.2, -0.15) is 0 Å². The van der Waals surface area contributed by atoms with Gasteiger partial charge in [0.15, 0.2) is 0 Å². The molecule has 1 aliphatic heterocycles. The average Bonchev–Trinajstić information content (AvgIpc) is 2.59. The number of amides is 1. The van der Waals surface area contributed by atoms with E-state index in [2.05, 4.69) is 12.6 Å². The van der Waals surface area contributed by atoms with E-state index in [-0.39, 0.29) is 5.91 Å². The van der Waals surface area contributed by atoms with Crippen LogP contribution in [-0.4, -0.2) is 34.6 Å². The SMILES string of the molecule is CC1(O)CCN(C(=O)c2ccccc2S)C1. The summed E-state index contributed by atoms with van der Waals surface area (Å²) < 4.78 is 0. The first-order chi connectivity index (χ1) is 7.49. The van der Waals surface area contributed by atoms with Crippen molar-refractivity contribution in [3.05, 3.63) is 29.8 Å². The molecule has 0 saturated carbocycles. The van der Waals surface area contributed by atoms with Gasteiger partial charge in [-0.15, -0.1) is 12.6 Å². The van der Waals surface area contributed by atoms with Crippen LogP contribution in [0.25, 0.3) is 0 Å². The predicted octanol–water partition coefficient (Wildman–Crippen LogP) is 1.57. The number of hydrogen-bond acceptors (Lipinski definition) is 3. The number of carbonyl (C=O) groups excluding carboxylic acids is 1. The highest BCUT2D eigenvalue weighted by atomic mass is 32.1. The van der Waals surface area contributed by atoms with E-state index in [1.807, 2.05) is 12.1 Å². The van der Waals surface area contributed by atoms with E-state index < -0.39 is 5.60 Å².